The maximum absolute atomic E-state index is 4.28. The first-order chi connectivity index (χ1) is 9.82. The van der Waals surface area contributed by atoms with Gasteiger partial charge in [0.2, 0.25) is 0 Å². The predicted molar refractivity (Wildman–Crippen MR) is 91.7 cm³/mol. The zero-order valence-electron chi connectivity index (χ0n) is 14.3. The average Bonchev–Trinajstić information content (AvgIpc) is 2.39. The summed E-state index contributed by atoms with van der Waals surface area (Å²) in [4.78, 5) is 6.50. The highest BCUT2D eigenvalue weighted by molar-refractivity contribution is 5.79. The molecule has 0 amide bonds. The number of nitrogens with zero attached hydrogens (tertiary/aromatic N) is 2. The Bertz CT molecular complexity index is 446. The largest absolute Gasteiger partial charge is 0.356 e. The summed E-state index contributed by atoms with van der Waals surface area (Å²) in [6.45, 7) is 9.33. The first-order valence-electron chi connectivity index (χ1n) is 7.47. The lowest BCUT2D eigenvalue weighted by molar-refractivity contribution is 0.241. The van der Waals surface area contributed by atoms with Gasteiger partial charge in [0.1, 0.15) is 0 Å². The molecule has 1 aromatic carbocycles. The lowest BCUT2D eigenvalue weighted by Crippen LogP contribution is -2.44. The standard InChI is InChI=1S/C17H30N4/c1-14-7-9-15(10-8-14)11-19-16(18-4)20-12-17(2,3)13-21(5)6/h7-10H,11-13H2,1-6H3,(H2,18,19,20). The molecule has 2 N–H and O–H groups in total. The molecule has 1 aromatic rings. The van der Waals surface area contributed by atoms with Crippen LogP contribution in [0, 0.1) is 12.3 Å². The van der Waals surface area contributed by atoms with Crippen LogP contribution in [0.1, 0.15) is 25.0 Å². The molecule has 0 atom stereocenters. The minimum absolute atomic E-state index is 0.199. The van der Waals surface area contributed by atoms with Crippen molar-refractivity contribution in [3.8, 4) is 0 Å². The molecule has 0 saturated carbocycles. The molecule has 0 saturated heterocycles. The number of aryl methyl sites for hydroxylation is 1. The van der Waals surface area contributed by atoms with E-state index in [2.05, 4.69) is 79.7 Å². The predicted octanol–water partition coefficient (Wildman–Crippen LogP) is 2.25. The summed E-state index contributed by atoms with van der Waals surface area (Å²) >= 11 is 0. The molecule has 0 radical (unpaired) electrons. The third-order valence-corrected chi connectivity index (χ3v) is 3.28. The molecule has 4 nitrogen and oxygen atoms in total. The van der Waals surface area contributed by atoms with Crippen LogP contribution in [0.15, 0.2) is 29.3 Å². The highest BCUT2D eigenvalue weighted by Crippen LogP contribution is 2.13. The fraction of sp³-hybridized carbons (Fsp3) is 0.588. The van der Waals surface area contributed by atoms with Crippen LogP contribution < -0.4 is 10.6 Å². The number of hydrogen-bond acceptors (Lipinski definition) is 2. The second-order valence-electron chi connectivity index (χ2n) is 6.67. The maximum atomic E-state index is 4.28. The Morgan fingerprint density at radius 2 is 1.76 bits per heavy atom. The lowest BCUT2D eigenvalue weighted by atomic mass is 9.93. The summed E-state index contributed by atoms with van der Waals surface area (Å²) in [6.07, 6.45) is 0. The van der Waals surface area contributed by atoms with Gasteiger partial charge in [0.05, 0.1) is 0 Å². The molecule has 1 rings (SSSR count). The van der Waals surface area contributed by atoms with Gasteiger partial charge in [0.25, 0.3) is 0 Å². The molecular formula is C17H30N4. The van der Waals surface area contributed by atoms with Gasteiger partial charge in [-0.2, -0.15) is 0 Å². The molecule has 0 fully saturated rings. The summed E-state index contributed by atoms with van der Waals surface area (Å²) < 4.78 is 0. The quantitative estimate of drug-likeness (QED) is 0.623. The van der Waals surface area contributed by atoms with Gasteiger partial charge in [-0.15, -0.1) is 0 Å². The highest BCUT2D eigenvalue weighted by atomic mass is 15.2. The summed E-state index contributed by atoms with van der Waals surface area (Å²) in [5, 5.41) is 6.77. The Morgan fingerprint density at radius 1 is 1.14 bits per heavy atom. The molecule has 0 heterocycles. The van der Waals surface area contributed by atoms with Crippen LogP contribution in [-0.2, 0) is 6.54 Å². The Balaban J connectivity index is 2.44. The van der Waals surface area contributed by atoms with Gasteiger partial charge in [-0.25, -0.2) is 0 Å². The number of benzene rings is 1. The van der Waals surface area contributed by atoms with Crippen molar-refractivity contribution >= 4 is 5.96 Å². The van der Waals surface area contributed by atoms with E-state index < -0.39 is 0 Å². The molecule has 0 aliphatic rings. The lowest BCUT2D eigenvalue weighted by Gasteiger charge is -2.29. The van der Waals surface area contributed by atoms with Crippen LogP contribution in [0.2, 0.25) is 0 Å². The normalized spacial score (nSPS) is 12.6. The van der Waals surface area contributed by atoms with Crippen molar-refractivity contribution in [2.24, 2.45) is 10.4 Å². The fourth-order valence-electron chi connectivity index (χ4n) is 2.35. The number of nitrogens with one attached hydrogen (secondary N) is 2. The van der Waals surface area contributed by atoms with E-state index in [1.165, 1.54) is 11.1 Å². The first kappa shape index (κ1) is 17.5. The third kappa shape index (κ3) is 7.14. The van der Waals surface area contributed by atoms with Crippen molar-refractivity contribution in [1.29, 1.82) is 0 Å². The van der Waals surface area contributed by atoms with E-state index in [1.807, 2.05) is 7.05 Å². The fourth-order valence-corrected chi connectivity index (χ4v) is 2.35. The average molecular weight is 290 g/mol. The van der Waals surface area contributed by atoms with E-state index in [9.17, 15) is 0 Å². The second kappa shape index (κ2) is 8.03. The van der Waals surface area contributed by atoms with Crippen molar-refractivity contribution < 1.29 is 0 Å². The molecule has 0 aromatic heterocycles. The van der Waals surface area contributed by atoms with E-state index in [1.54, 1.807) is 0 Å². The van der Waals surface area contributed by atoms with Crippen molar-refractivity contribution in [1.82, 2.24) is 15.5 Å². The van der Waals surface area contributed by atoms with Crippen molar-refractivity contribution in [2.45, 2.75) is 27.3 Å². The smallest absolute Gasteiger partial charge is 0.191 e. The molecule has 0 spiro atoms. The topological polar surface area (TPSA) is 39.7 Å². The van der Waals surface area contributed by atoms with E-state index in [-0.39, 0.29) is 5.41 Å². The van der Waals surface area contributed by atoms with Gasteiger partial charge < -0.3 is 15.5 Å². The summed E-state index contributed by atoms with van der Waals surface area (Å²) in [5.74, 6) is 0.849. The molecule has 4 heteroatoms. The SMILES string of the molecule is CN=C(NCc1ccc(C)cc1)NCC(C)(C)CN(C)C. The number of rotatable bonds is 6. The Morgan fingerprint density at radius 3 is 2.29 bits per heavy atom. The molecule has 0 unspecified atom stereocenters. The van der Waals surface area contributed by atoms with Gasteiger partial charge >= 0.3 is 0 Å². The van der Waals surface area contributed by atoms with Crippen molar-refractivity contribution in [3.05, 3.63) is 35.4 Å². The second-order valence-corrected chi connectivity index (χ2v) is 6.67. The van der Waals surface area contributed by atoms with Crippen molar-refractivity contribution in [3.63, 3.8) is 0 Å². The van der Waals surface area contributed by atoms with Gasteiger partial charge in [0, 0.05) is 26.7 Å². The van der Waals surface area contributed by atoms with Crippen LogP contribution in [0.5, 0.6) is 0 Å². The number of hydrogen-bond donors (Lipinski definition) is 2. The maximum Gasteiger partial charge on any atom is 0.191 e. The minimum Gasteiger partial charge on any atom is -0.356 e. The van der Waals surface area contributed by atoms with E-state index in [0.29, 0.717) is 0 Å². The Hall–Kier alpha value is -1.55. The van der Waals surface area contributed by atoms with Crippen LogP contribution in [0.4, 0.5) is 0 Å². The van der Waals surface area contributed by atoms with Crippen LogP contribution in [-0.4, -0.2) is 45.1 Å². The van der Waals surface area contributed by atoms with Gasteiger partial charge in [-0.05, 0) is 32.0 Å². The van der Waals surface area contributed by atoms with Crippen LogP contribution >= 0.6 is 0 Å². The molecule has 0 bridgehead atoms. The monoisotopic (exact) mass is 290 g/mol. The highest BCUT2D eigenvalue weighted by Gasteiger charge is 2.19. The summed E-state index contributed by atoms with van der Waals surface area (Å²) in [5.41, 5.74) is 2.74. The Labute approximate surface area is 129 Å². The van der Waals surface area contributed by atoms with Gasteiger partial charge in [-0.1, -0.05) is 43.7 Å². The molecule has 118 valence electrons. The zero-order chi connectivity index (χ0) is 15.9. The van der Waals surface area contributed by atoms with E-state index in [0.717, 1.165) is 25.6 Å². The van der Waals surface area contributed by atoms with Crippen molar-refractivity contribution in [2.75, 3.05) is 34.2 Å². The van der Waals surface area contributed by atoms with E-state index >= 15 is 0 Å². The number of aliphatic imine (C=N–C) groups is 1. The van der Waals surface area contributed by atoms with Crippen LogP contribution in [0.3, 0.4) is 0 Å². The zero-order valence-corrected chi connectivity index (χ0v) is 14.3. The Kier molecular flexibility index (Phi) is 6.69. The van der Waals surface area contributed by atoms with Gasteiger partial charge in [-0.3, -0.25) is 4.99 Å². The summed E-state index contributed by atoms with van der Waals surface area (Å²) in [6, 6.07) is 8.55. The third-order valence-electron chi connectivity index (χ3n) is 3.28. The minimum atomic E-state index is 0.199. The van der Waals surface area contributed by atoms with Crippen LogP contribution in [0.25, 0.3) is 0 Å². The molecular weight excluding hydrogens is 260 g/mol. The molecule has 0 aliphatic heterocycles. The first-order valence-corrected chi connectivity index (χ1v) is 7.47. The summed E-state index contributed by atoms with van der Waals surface area (Å²) in [7, 11) is 6.02. The number of guanidine groups is 1. The van der Waals surface area contributed by atoms with E-state index in [4.69, 9.17) is 0 Å². The molecule has 21 heavy (non-hydrogen) atoms. The van der Waals surface area contributed by atoms with Gasteiger partial charge in [0.15, 0.2) is 5.96 Å². The molecule has 0 aliphatic carbocycles.